The first-order valence-electron chi connectivity index (χ1n) is 7.81. The Morgan fingerprint density at radius 2 is 1.80 bits per heavy atom. The summed E-state index contributed by atoms with van der Waals surface area (Å²) in [7, 11) is 0. The molecule has 0 aliphatic rings. The number of alkyl halides is 3. The maximum atomic E-state index is 12.9. The van der Waals surface area contributed by atoms with Gasteiger partial charge >= 0.3 is 6.18 Å². The van der Waals surface area contributed by atoms with Gasteiger partial charge in [0.1, 0.15) is 5.76 Å². The molecule has 1 aromatic carbocycles. The van der Waals surface area contributed by atoms with Gasteiger partial charge in [-0.05, 0) is 35.9 Å². The minimum absolute atomic E-state index is 0.362. The number of aromatic nitrogens is 1. The van der Waals surface area contributed by atoms with Crippen LogP contribution in [0.1, 0.15) is 22.6 Å². The maximum absolute atomic E-state index is 12.9. The number of pyridine rings is 1. The van der Waals surface area contributed by atoms with Crippen molar-refractivity contribution in [3.63, 3.8) is 0 Å². The van der Waals surface area contributed by atoms with E-state index in [1.165, 1.54) is 12.1 Å². The molecule has 0 radical (unpaired) electrons. The van der Waals surface area contributed by atoms with Crippen molar-refractivity contribution in [2.75, 3.05) is 0 Å². The Morgan fingerprint density at radius 1 is 0.920 bits per heavy atom. The van der Waals surface area contributed by atoms with Crippen LogP contribution in [-0.2, 0) is 25.8 Å². The zero-order chi connectivity index (χ0) is 17.7. The Kier molecular flexibility index (Phi) is 5.19. The van der Waals surface area contributed by atoms with Crippen molar-refractivity contribution >= 4 is 0 Å². The number of hydrogen-bond acceptors (Lipinski definition) is 3. The summed E-state index contributed by atoms with van der Waals surface area (Å²) in [5, 5.41) is 0. The van der Waals surface area contributed by atoms with Gasteiger partial charge in [-0.15, -0.1) is 0 Å². The molecule has 0 spiro atoms. The molecule has 2 aromatic heterocycles. The van der Waals surface area contributed by atoms with Gasteiger partial charge in [-0.1, -0.05) is 24.3 Å². The monoisotopic (exact) mass is 346 g/mol. The highest BCUT2D eigenvalue weighted by Crippen LogP contribution is 2.30. The fourth-order valence-electron chi connectivity index (χ4n) is 2.62. The molecule has 0 fully saturated rings. The minimum Gasteiger partial charge on any atom is -0.468 e. The number of benzene rings is 1. The SMILES string of the molecule is FC(F)(F)c1cccc(CN(Cc2ccccn2)Cc2ccco2)c1. The van der Waals surface area contributed by atoms with Gasteiger partial charge in [0, 0.05) is 19.3 Å². The quantitative estimate of drug-likeness (QED) is 0.636. The summed E-state index contributed by atoms with van der Waals surface area (Å²) in [6.07, 6.45) is -1.06. The van der Waals surface area contributed by atoms with Gasteiger partial charge < -0.3 is 4.42 Å². The van der Waals surface area contributed by atoms with E-state index in [4.69, 9.17) is 4.42 Å². The van der Waals surface area contributed by atoms with E-state index >= 15 is 0 Å². The summed E-state index contributed by atoms with van der Waals surface area (Å²) in [4.78, 5) is 6.29. The van der Waals surface area contributed by atoms with Crippen molar-refractivity contribution < 1.29 is 17.6 Å². The van der Waals surface area contributed by atoms with Crippen LogP contribution in [0.4, 0.5) is 13.2 Å². The molecule has 0 N–H and O–H groups in total. The molecule has 3 aromatic rings. The molecule has 6 heteroatoms. The van der Waals surface area contributed by atoms with E-state index in [0.717, 1.165) is 17.5 Å². The van der Waals surface area contributed by atoms with E-state index in [1.54, 1.807) is 24.6 Å². The van der Waals surface area contributed by atoms with Gasteiger partial charge in [-0.25, -0.2) is 0 Å². The lowest BCUT2D eigenvalue weighted by Crippen LogP contribution is -2.23. The third-order valence-electron chi connectivity index (χ3n) is 3.73. The summed E-state index contributed by atoms with van der Waals surface area (Å²) >= 11 is 0. The summed E-state index contributed by atoms with van der Waals surface area (Å²) in [6, 6.07) is 14.6. The highest BCUT2D eigenvalue weighted by molar-refractivity contribution is 5.25. The first-order valence-corrected chi connectivity index (χ1v) is 7.81. The lowest BCUT2D eigenvalue weighted by molar-refractivity contribution is -0.137. The Morgan fingerprint density at radius 3 is 2.48 bits per heavy atom. The highest BCUT2D eigenvalue weighted by Gasteiger charge is 2.30. The van der Waals surface area contributed by atoms with Crippen molar-refractivity contribution in [2.45, 2.75) is 25.8 Å². The van der Waals surface area contributed by atoms with Crippen LogP contribution in [0.5, 0.6) is 0 Å². The van der Waals surface area contributed by atoms with Crippen molar-refractivity contribution in [2.24, 2.45) is 0 Å². The fraction of sp³-hybridized carbons (Fsp3) is 0.211. The van der Waals surface area contributed by atoms with E-state index in [2.05, 4.69) is 4.98 Å². The molecule has 0 unspecified atom stereocenters. The Bertz CT molecular complexity index is 786. The Balaban J connectivity index is 1.79. The van der Waals surface area contributed by atoms with Gasteiger partial charge in [0.2, 0.25) is 0 Å². The molecule has 130 valence electrons. The van der Waals surface area contributed by atoms with Crippen LogP contribution >= 0.6 is 0 Å². The van der Waals surface area contributed by atoms with Gasteiger partial charge in [0.15, 0.2) is 0 Å². The first kappa shape index (κ1) is 17.2. The summed E-state index contributed by atoms with van der Waals surface area (Å²) in [5.74, 6) is 0.753. The topological polar surface area (TPSA) is 29.3 Å². The lowest BCUT2D eigenvalue weighted by atomic mass is 10.1. The zero-order valence-corrected chi connectivity index (χ0v) is 13.4. The zero-order valence-electron chi connectivity index (χ0n) is 13.4. The van der Waals surface area contributed by atoms with E-state index in [-0.39, 0.29) is 0 Å². The third-order valence-corrected chi connectivity index (χ3v) is 3.73. The second-order valence-electron chi connectivity index (χ2n) is 5.74. The van der Waals surface area contributed by atoms with Gasteiger partial charge in [-0.2, -0.15) is 13.2 Å². The van der Waals surface area contributed by atoms with Crippen molar-refractivity contribution in [3.8, 4) is 0 Å². The van der Waals surface area contributed by atoms with Crippen LogP contribution in [0.15, 0.2) is 71.5 Å². The Hall–Kier alpha value is -2.60. The van der Waals surface area contributed by atoms with Gasteiger partial charge in [0.05, 0.1) is 24.1 Å². The average Bonchev–Trinajstić information content (AvgIpc) is 3.08. The van der Waals surface area contributed by atoms with E-state index in [0.29, 0.717) is 25.2 Å². The largest absolute Gasteiger partial charge is 0.468 e. The van der Waals surface area contributed by atoms with E-state index < -0.39 is 11.7 Å². The fourth-order valence-corrected chi connectivity index (χ4v) is 2.62. The molecule has 0 aliphatic carbocycles. The summed E-state index contributed by atoms with van der Waals surface area (Å²) < 4.78 is 44.1. The molecule has 0 saturated heterocycles. The minimum atomic E-state index is -4.34. The van der Waals surface area contributed by atoms with Crippen LogP contribution in [-0.4, -0.2) is 9.88 Å². The second kappa shape index (κ2) is 7.53. The van der Waals surface area contributed by atoms with Crippen LogP contribution in [0, 0.1) is 0 Å². The smallest absolute Gasteiger partial charge is 0.416 e. The molecular weight excluding hydrogens is 329 g/mol. The highest BCUT2D eigenvalue weighted by atomic mass is 19.4. The van der Waals surface area contributed by atoms with Crippen molar-refractivity contribution in [3.05, 3.63) is 89.6 Å². The molecule has 0 atom stereocenters. The predicted octanol–water partition coefficient (Wildman–Crippen LogP) is 4.90. The molecule has 2 heterocycles. The summed E-state index contributed by atoms with van der Waals surface area (Å²) in [5.41, 5.74) is 0.805. The van der Waals surface area contributed by atoms with Crippen LogP contribution in [0.25, 0.3) is 0 Å². The van der Waals surface area contributed by atoms with Crippen molar-refractivity contribution in [1.82, 2.24) is 9.88 Å². The van der Waals surface area contributed by atoms with Crippen LogP contribution < -0.4 is 0 Å². The standard InChI is InChI=1S/C19H17F3N2O/c20-19(21,22)16-6-3-5-15(11-16)12-24(14-18-8-4-10-25-18)13-17-7-1-2-9-23-17/h1-11H,12-14H2. The van der Waals surface area contributed by atoms with Crippen LogP contribution in [0.2, 0.25) is 0 Å². The molecule has 0 bridgehead atoms. The molecule has 0 aliphatic heterocycles. The molecule has 3 rings (SSSR count). The third kappa shape index (κ3) is 4.93. The van der Waals surface area contributed by atoms with Crippen molar-refractivity contribution in [1.29, 1.82) is 0 Å². The van der Waals surface area contributed by atoms with E-state index in [1.807, 2.05) is 29.2 Å². The summed E-state index contributed by atoms with van der Waals surface area (Å²) in [6.45, 7) is 1.36. The van der Waals surface area contributed by atoms with E-state index in [9.17, 15) is 13.2 Å². The maximum Gasteiger partial charge on any atom is 0.416 e. The number of nitrogens with zero attached hydrogens (tertiary/aromatic N) is 2. The van der Waals surface area contributed by atoms with Crippen LogP contribution in [0.3, 0.4) is 0 Å². The number of halogens is 3. The second-order valence-corrected chi connectivity index (χ2v) is 5.74. The molecular formula is C19H17F3N2O. The average molecular weight is 346 g/mol. The van der Waals surface area contributed by atoms with Gasteiger partial charge in [-0.3, -0.25) is 9.88 Å². The van der Waals surface area contributed by atoms with Gasteiger partial charge in [0.25, 0.3) is 0 Å². The number of hydrogen-bond donors (Lipinski definition) is 0. The normalized spacial score (nSPS) is 11.8. The predicted molar refractivity (Wildman–Crippen MR) is 87.3 cm³/mol. The molecule has 0 saturated carbocycles. The number of furan rings is 1. The lowest BCUT2D eigenvalue weighted by Gasteiger charge is -2.21. The molecule has 3 nitrogen and oxygen atoms in total. The molecule has 0 amide bonds. The molecule has 25 heavy (non-hydrogen) atoms. The Labute approximate surface area is 143 Å². The first-order chi connectivity index (χ1) is 12.0. The number of rotatable bonds is 6.